The third-order valence-corrected chi connectivity index (χ3v) is 2.73. The molecule has 0 spiro atoms. The van der Waals surface area contributed by atoms with Crippen LogP contribution >= 0.6 is 0 Å². The zero-order valence-corrected chi connectivity index (χ0v) is 9.12. The van der Waals surface area contributed by atoms with Crippen LogP contribution in [0, 0.1) is 0 Å². The van der Waals surface area contributed by atoms with Gasteiger partial charge in [0.15, 0.2) is 12.0 Å². The molecule has 5 nitrogen and oxygen atoms in total. The van der Waals surface area contributed by atoms with E-state index in [1.807, 2.05) is 30.3 Å². The van der Waals surface area contributed by atoms with Gasteiger partial charge < -0.3 is 4.74 Å². The second-order valence-electron chi connectivity index (χ2n) is 3.65. The van der Waals surface area contributed by atoms with Gasteiger partial charge in [0.2, 0.25) is 0 Å². The molecule has 3 rings (SSSR count). The predicted octanol–water partition coefficient (Wildman–Crippen LogP) is 1.70. The van der Waals surface area contributed by atoms with Gasteiger partial charge in [0.05, 0.1) is 18.1 Å². The molecule has 0 fully saturated rings. The van der Waals surface area contributed by atoms with Crippen molar-refractivity contribution in [3.8, 4) is 5.75 Å². The molecule has 0 saturated heterocycles. The Balaban J connectivity index is 2.40. The number of benzene rings is 1. The number of aromatic nitrogens is 3. The maximum absolute atomic E-state index is 10.8. The fraction of sp³-hybridized carbons (Fsp3) is 0.0833. The second kappa shape index (κ2) is 3.55. The quantitative estimate of drug-likeness (QED) is 0.625. The van der Waals surface area contributed by atoms with E-state index < -0.39 is 0 Å². The molecule has 0 saturated carbocycles. The van der Waals surface area contributed by atoms with Gasteiger partial charge in [-0.15, -0.1) is 5.10 Å². The van der Waals surface area contributed by atoms with Gasteiger partial charge in [0.1, 0.15) is 5.75 Å². The van der Waals surface area contributed by atoms with Gasteiger partial charge in [-0.05, 0) is 24.3 Å². The molecule has 2 aromatic heterocycles. The number of ether oxygens (including phenoxy) is 1. The highest BCUT2D eigenvalue weighted by Crippen LogP contribution is 2.22. The minimum atomic E-state index is 0.350. The number of hydrogen-bond acceptors (Lipinski definition) is 4. The highest BCUT2D eigenvalue weighted by molar-refractivity contribution is 5.89. The van der Waals surface area contributed by atoms with Crippen molar-refractivity contribution in [3.05, 3.63) is 36.0 Å². The van der Waals surface area contributed by atoms with E-state index in [4.69, 9.17) is 4.74 Å². The van der Waals surface area contributed by atoms with Crippen molar-refractivity contribution >= 4 is 22.7 Å². The number of fused-ring (bicyclic) bond motifs is 3. The van der Waals surface area contributed by atoms with Crippen LogP contribution in [0.4, 0.5) is 0 Å². The van der Waals surface area contributed by atoms with E-state index in [1.54, 1.807) is 11.6 Å². The van der Waals surface area contributed by atoms with Crippen molar-refractivity contribution in [2.24, 2.45) is 0 Å². The zero-order valence-electron chi connectivity index (χ0n) is 9.12. The third-order valence-electron chi connectivity index (χ3n) is 2.73. The van der Waals surface area contributed by atoms with E-state index in [0.717, 1.165) is 16.7 Å². The Morgan fingerprint density at radius 1 is 1.24 bits per heavy atom. The van der Waals surface area contributed by atoms with E-state index in [0.29, 0.717) is 17.5 Å². The molecule has 0 amide bonds. The molecule has 17 heavy (non-hydrogen) atoms. The van der Waals surface area contributed by atoms with Crippen LogP contribution in [0.15, 0.2) is 30.3 Å². The molecule has 0 aliphatic carbocycles. The highest BCUT2D eigenvalue weighted by atomic mass is 16.5. The molecular formula is C12H9N3O2. The SMILES string of the molecule is COc1ccc2c(ccc3c(C=O)nnn32)c1. The average Bonchev–Trinajstić information content (AvgIpc) is 2.81. The summed E-state index contributed by atoms with van der Waals surface area (Å²) in [7, 11) is 1.62. The van der Waals surface area contributed by atoms with Crippen molar-refractivity contribution in [2.45, 2.75) is 0 Å². The molecule has 0 aliphatic heterocycles. The molecule has 2 heterocycles. The molecule has 1 aromatic carbocycles. The molecule has 3 aromatic rings. The Bertz CT molecular complexity index is 718. The standard InChI is InChI=1S/C12H9N3O2/c1-17-9-3-5-11-8(6-9)2-4-12-10(7-16)13-14-15(11)12/h2-7H,1H3. The molecule has 0 aliphatic rings. The first kappa shape index (κ1) is 9.77. The van der Waals surface area contributed by atoms with Crippen molar-refractivity contribution in [1.82, 2.24) is 14.8 Å². The Morgan fingerprint density at radius 3 is 2.82 bits per heavy atom. The first-order valence-corrected chi connectivity index (χ1v) is 5.11. The van der Waals surface area contributed by atoms with Crippen LogP contribution in [0.25, 0.3) is 16.4 Å². The van der Waals surface area contributed by atoms with E-state index in [9.17, 15) is 4.79 Å². The fourth-order valence-corrected chi connectivity index (χ4v) is 1.87. The van der Waals surface area contributed by atoms with Gasteiger partial charge in [-0.2, -0.15) is 0 Å². The maximum atomic E-state index is 10.8. The summed E-state index contributed by atoms with van der Waals surface area (Å²) in [6.07, 6.45) is 0.706. The number of aldehydes is 1. The molecule has 0 radical (unpaired) electrons. The third kappa shape index (κ3) is 1.36. The van der Waals surface area contributed by atoms with Crippen LogP contribution in [0.5, 0.6) is 5.75 Å². The number of nitrogens with zero attached hydrogens (tertiary/aromatic N) is 3. The van der Waals surface area contributed by atoms with Crippen LogP contribution in [0.3, 0.4) is 0 Å². The summed E-state index contributed by atoms with van der Waals surface area (Å²) in [5.74, 6) is 0.785. The van der Waals surface area contributed by atoms with Crippen LogP contribution in [-0.4, -0.2) is 28.2 Å². The first-order valence-electron chi connectivity index (χ1n) is 5.11. The summed E-state index contributed by atoms with van der Waals surface area (Å²) in [5, 5.41) is 8.77. The van der Waals surface area contributed by atoms with Crippen LogP contribution in [-0.2, 0) is 0 Å². The van der Waals surface area contributed by atoms with Gasteiger partial charge in [-0.3, -0.25) is 4.79 Å². The van der Waals surface area contributed by atoms with Gasteiger partial charge in [-0.25, -0.2) is 4.52 Å². The van der Waals surface area contributed by atoms with E-state index in [2.05, 4.69) is 10.3 Å². The van der Waals surface area contributed by atoms with E-state index >= 15 is 0 Å². The molecule has 0 atom stereocenters. The molecule has 84 valence electrons. The Kier molecular flexibility index (Phi) is 2.04. The number of rotatable bonds is 2. The summed E-state index contributed by atoms with van der Waals surface area (Å²) >= 11 is 0. The fourth-order valence-electron chi connectivity index (χ4n) is 1.87. The summed E-state index contributed by atoms with van der Waals surface area (Å²) in [4.78, 5) is 10.8. The average molecular weight is 227 g/mol. The van der Waals surface area contributed by atoms with Crippen molar-refractivity contribution in [3.63, 3.8) is 0 Å². The number of hydrogen-bond donors (Lipinski definition) is 0. The number of pyridine rings is 1. The molecule has 0 bridgehead atoms. The van der Waals surface area contributed by atoms with Gasteiger partial charge >= 0.3 is 0 Å². The summed E-state index contributed by atoms with van der Waals surface area (Å²) in [6.45, 7) is 0. The topological polar surface area (TPSA) is 56.5 Å². The normalized spacial score (nSPS) is 10.9. The number of carbonyl (C=O) groups is 1. The van der Waals surface area contributed by atoms with Crippen LogP contribution < -0.4 is 4.74 Å². The Hall–Kier alpha value is -2.43. The van der Waals surface area contributed by atoms with Gasteiger partial charge in [0, 0.05) is 5.39 Å². The summed E-state index contributed by atoms with van der Waals surface area (Å²) in [5.41, 5.74) is 1.95. The van der Waals surface area contributed by atoms with Crippen LogP contribution in [0.2, 0.25) is 0 Å². The van der Waals surface area contributed by atoms with Gasteiger partial charge in [0.25, 0.3) is 0 Å². The van der Waals surface area contributed by atoms with Crippen molar-refractivity contribution in [2.75, 3.05) is 7.11 Å². The lowest BCUT2D eigenvalue weighted by Gasteiger charge is -2.03. The Labute approximate surface area is 96.6 Å². The number of methoxy groups -OCH3 is 1. The van der Waals surface area contributed by atoms with Gasteiger partial charge in [-0.1, -0.05) is 11.3 Å². The lowest BCUT2D eigenvalue weighted by Crippen LogP contribution is -1.91. The summed E-state index contributed by atoms with van der Waals surface area (Å²) in [6, 6.07) is 9.40. The Morgan fingerprint density at radius 2 is 2.06 bits per heavy atom. The van der Waals surface area contributed by atoms with E-state index in [1.165, 1.54) is 0 Å². The highest BCUT2D eigenvalue weighted by Gasteiger charge is 2.07. The lowest BCUT2D eigenvalue weighted by atomic mass is 10.2. The predicted molar refractivity (Wildman–Crippen MR) is 62.4 cm³/mol. The maximum Gasteiger partial charge on any atom is 0.172 e. The zero-order chi connectivity index (χ0) is 11.8. The van der Waals surface area contributed by atoms with Crippen LogP contribution in [0.1, 0.15) is 10.5 Å². The minimum Gasteiger partial charge on any atom is -0.497 e. The van der Waals surface area contributed by atoms with Crippen molar-refractivity contribution in [1.29, 1.82) is 0 Å². The molecular weight excluding hydrogens is 218 g/mol. The van der Waals surface area contributed by atoms with Crippen molar-refractivity contribution < 1.29 is 9.53 Å². The minimum absolute atomic E-state index is 0.350. The van der Waals surface area contributed by atoms with E-state index in [-0.39, 0.29) is 0 Å². The monoisotopic (exact) mass is 227 g/mol. The summed E-state index contributed by atoms with van der Waals surface area (Å²) < 4.78 is 6.81. The second-order valence-corrected chi connectivity index (χ2v) is 3.65. The largest absolute Gasteiger partial charge is 0.497 e. The number of carbonyl (C=O) groups excluding carboxylic acids is 1. The smallest absolute Gasteiger partial charge is 0.172 e. The molecule has 0 unspecified atom stereocenters. The lowest BCUT2D eigenvalue weighted by molar-refractivity contribution is 0.112. The molecule has 5 heteroatoms. The first-order chi connectivity index (χ1) is 8.33. The molecule has 0 N–H and O–H groups in total.